The third-order valence-electron chi connectivity index (χ3n) is 4.92. The standard InChI is InChI=1S/C17H18ClN3O2/c18-14-3-1-2-13-15(22)5-12(20-17(13)14)9-21-7-10-4-16(23)19-6-11(10)8-21/h1-3,5,10-11H,4,6-9H2,(H,19,23)(H,20,22)/t10-,11+/m1/s1. The van der Waals surface area contributed by atoms with Crippen LogP contribution in [0.5, 0.6) is 0 Å². The monoisotopic (exact) mass is 331 g/mol. The normalized spacial score (nSPS) is 24.7. The highest BCUT2D eigenvalue weighted by molar-refractivity contribution is 6.35. The first-order chi connectivity index (χ1) is 11.1. The first kappa shape index (κ1) is 14.7. The zero-order valence-corrected chi connectivity index (χ0v) is 13.4. The summed E-state index contributed by atoms with van der Waals surface area (Å²) in [6, 6.07) is 7.01. The van der Waals surface area contributed by atoms with Crippen molar-refractivity contribution in [3.05, 3.63) is 45.2 Å². The van der Waals surface area contributed by atoms with Gasteiger partial charge < -0.3 is 10.3 Å². The van der Waals surface area contributed by atoms with Gasteiger partial charge in [-0.05, 0) is 24.0 Å². The number of nitrogens with one attached hydrogen (secondary N) is 2. The number of H-pyrrole nitrogens is 1. The maximum Gasteiger partial charge on any atom is 0.220 e. The predicted octanol–water partition coefficient (Wildman–Crippen LogP) is 1.75. The van der Waals surface area contributed by atoms with Crippen LogP contribution in [0.3, 0.4) is 0 Å². The quantitative estimate of drug-likeness (QED) is 0.881. The number of halogens is 1. The molecule has 5 nitrogen and oxygen atoms in total. The number of aromatic nitrogens is 1. The van der Waals surface area contributed by atoms with Crippen LogP contribution in [-0.4, -0.2) is 35.4 Å². The van der Waals surface area contributed by atoms with Gasteiger partial charge in [-0.1, -0.05) is 17.7 Å². The molecule has 0 aliphatic carbocycles. The lowest BCUT2D eigenvalue weighted by molar-refractivity contribution is -0.124. The Kier molecular flexibility index (Phi) is 3.62. The summed E-state index contributed by atoms with van der Waals surface area (Å²) in [5.74, 6) is 1.10. The molecule has 2 fully saturated rings. The number of benzene rings is 1. The van der Waals surface area contributed by atoms with Crippen molar-refractivity contribution < 1.29 is 4.79 Å². The molecule has 2 atom stereocenters. The van der Waals surface area contributed by atoms with E-state index in [2.05, 4.69) is 15.2 Å². The van der Waals surface area contributed by atoms with Crippen LogP contribution < -0.4 is 10.7 Å². The fourth-order valence-electron chi connectivity index (χ4n) is 3.80. The lowest BCUT2D eigenvalue weighted by atomic mass is 9.89. The van der Waals surface area contributed by atoms with Crippen LogP contribution >= 0.6 is 11.6 Å². The van der Waals surface area contributed by atoms with E-state index in [0.29, 0.717) is 40.7 Å². The van der Waals surface area contributed by atoms with E-state index >= 15 is 0 Å². The number of hydrogen-bond donors (Lipinski definition) is 2. The lowest BCUT2D eigenvalue weighted by Crippen LogP contribution is -2.39. The highest BCUT2D eigenvalue weighted by Gasteiger charge is 2.37. The third kappa shape index (κ3) is 2.75. The number of carbonyl (C=O) groups is 1. The molecule has 0 spiro atoms. The minimum Gasteiger partial charge on any atom is -0.356 e. The minimum absolute atomic E-state index is 0.00953. The van der Waals surface area contributed by atoms with Gasteiger partial charge in [0.15, 0.2) is 5.43 Å². The highest BCUT2D eigenvalue weighted by Crippen LogP contribution is 2.29. The average Bonchev–Trinajstić information content (AvgIpc) is 2.90. The third-order valence-corrected chi connectivity index (χ3v) is 5.24. The Bertz CT molecular complexity index is 832. The number of para-hydroxylation sites is 1. The zero-order chi connectivity index (χ0) is 16.0. The maximum absolute atomic E-state index is 12.3. The summed E-state index contributed by atoms with van der Waals surface area (Å²) in [7, 11) is 0. The van der Waals surface area contributed by atoms with Gasteiger partial charge in [0.05, 0.1) is 10.5 Å². The molecule has 0 radical (unpaired) electrons. The summed E-state index contributed by atoms with van der Waals surface area (Å²) in [4.78, 5) is 29.4. The fraction of sp³-hybridized carbons (Fsp3) is 0.412. The summed E-state index contributed by atoms with van der Waals surface area (Å²) in [5, 5.41) is 4.12. The summed E-state index contributed by atoms with van der Waals surface area (Å²) in [6.45, 7) is 3.30. The molecule has 1 aromatic carbocycles. The molecular weight excluding hydrogens is 314 g/mol. The summed E-state index contributed by atoms with van der Waals surface area (Å²) >= 11 is 6.20. The van der Waals surface area contributed by atoms with E-state index in [0.717, 1.165) is 25.3 Å². The predicted molar refractivity (Wildman–Crippen MR) is 89.5 cm³/mol. The Hall–Kier alpha value is -1.85. The second-order valence-corrected chi connectivity index (χ2v) is 6.95. The molecule has 0 unspecified atom stereocenters. The molecule has 23 heavy (non-hydrogen) atoms. The molecule has 0 bridgehead atoms. The zero-order valence-electron chi connectivity index (χ0n) is 12.6. The highest BCUT2D eigenvalue weighted by atomic mass is 35.5. The van der Waals surface area contributed by atoms with Crippen molar-refractivity contribution in [2.75, 3.05) is 19.6 Å². The van der Waals surface area contributed by atoms with Gasteiger partial charge in [-0.3, -0.25) is 14.5 Å². The number of hydrogen-bond acceptors (Lipinski definition) is 3. The number of fused-ring (bicyclic) bond motifs is 2. The molecule has 2 saturated heterocycles. The van der Waals surface area contributed by atoms with E-state index in [9.17, 15) is 9.59 Å². The number of rotatable bonds is 2. The van der Waals surface area contributed by atoms with E-state index in [-0.39, 0.29) is 11.3 Å². The van der Waals surface area contributed by atoms with Crippen molar-refractivity contribution in [3.8, 4) is 0 Å². The van der Waals surface area contributed by atoms with Crippen LogP contribution in [-0.2, 0) is 11.3 Å². The number of carbonyl (C=O) groups excluding carboxylic acids is 1. The molecule has 2 aliphatic rings. The number of likely N-dealkylation sites (tertiary alicyclic amines) is 1. The topological polar surface area (TPSA) is 65.2 Å². The molecule has 1 aromatic heterocycles. The van der Waals surface area contributed by atoms with Crippen molar-refractivity contribution in [2.24, 2.45) is 11.8 Å². The Balaban J connectivity index is 1.58. The van der Waals surface area contributed by atoms with Gasteiger partial charge in [0.2, 0.25) is 5.91 Å². The van der Waals surface area contributed by atoms with Gasteiger partial charge in [0, 0.05) is 49.7 Å². The van der Waals surface area contributed by atoms with Gasteiger partial charge in [-0.25, -0.2) is 0 Å². The van der Waals surface area contributed by atoms with Crippen molar-refractivity contribution in [3.63, 3.8) is 0 Å². The molecule has 6 heteroatoms. The van der Waals surface area contributed by atoms with E-state index in [4.69, 9.17) is 11.6 Å². The molecule has 1 amide bonds. The van der Waals surface area contributed by atoms with Crippen molar-refractivity contribution >= 4 is 28.4 Å². The fourth-order valence-corrected chi connectivity index (χ4v) is 4.02. The number of nitrogens with zero attached hydrogens (tertiary/aromatic N) is 1. The molecule has 120 valence electrons. The van der Waals surface area contributed by atoms with Crippen molar-refractivity contribution in [2.45, 2.75) is 13.0 Å². The maximum atomic E-state index is 12.3. The van der Waals surface area contributed by atoms with Gasteiger partial charge in [-0.2, -0.15) is 0 Å². The molecule has 3 heterocycles. The SMILES string of the molecule is O=C1C[C@@H]2CN(Cc3cc(=O)c4cccc(Cl)c4[nH]3)C[C@@H]2CN1. The van der Waals surface area contributed by atoms with Crippen LogP contribution in [0.2, 0.25) is 5.02 Å². The first-order valence-corrected chi connectivity index (χ1v) is 8.27. The Morgan fingerprint density at radius 2 is 2.04 bits per heavy atom. The minimum atomic E-state index is -0.00953. The van der Waals surface area contributed by atoms with Gasteiger partial charge in [0.25, 0.3) is 0 Å². The molecule has 4 rings (SSSR count). The van der Waals surface area contributed by atoms with Gasteiger partial charge in [-0.15, -0.1) is 0 Å². The summed E-state index contributed by atoms with van der Waals surface area (Å²) in [5.41, 5.74) is 1.56. The molecule has 2 N–H and O–H groups in total. The Morgan fingerprint density at radius 1 is 1.22 bits per heavy atom. The first-order valence-electron chi connectivity index (χ1n) is 7.89. The average molecular weight is 332 g/mol. The van der Waals surface area contributed by atoms with E-state index < -0.39 is 0 Å². The van der Waals surface area contributed by atoms with Crippen LogP contribution in [0.25, 0.3) is 10.9 Å². The van der Waals surface area contributed by atoms with Crippen LogP contribution in [0, 0.1) is 11.8 Å². The van der Waals surface area contributed by atoms with Crippen molar-refractivity contribution in [1.29, 1.82) is 0 Å². The number of pyridine rings is 1. The van der Waals surface area contributed by atoms with Crippen LogP contribution in [0.1, 0.15) is 12.1 Å². The van der Waals surface area contributed by atoms with E-state index in [1.807, 2.05) is 0 Å². The molecule has 0 saturated carbocycles. The number of aromatic amines is 1. The summed E-state index contributed by atoms with van der Waals surface area (Å²) in [6.07, 6.45) is 0.612. The Labute approximate surface area is 138 Å². The van der Waals surface area contributed by atoms with Gasteiger partial charge in [0.1, 0.15) is 0 Å². The van der Waals surface area contributed by atoms with E-state index in [1.54, 1.807) is 24.3 Å². The van der Waals surface area contributed by atoms with Crippen LogP contribution in [0.15, 0.2) is 29.1 Å². The summed E-state index contributed by atoms with van der Waals surface area (Å²) < 4.78 is 0. The van der Waals surface area contributed by atoms with Crippen LogP contribution in [0.4, 0.5) is 0 Å². The molecular formula is C17H18ClN3O2. The Morgan fingerprint density at radius 3 is 2.91 bits per heavy atom. The smallest absolute Gasteiger partial charge is 0.220 e. The van der Waals surface area contributed by atoms with Gasteiger partial charge >= 0.3 is 0 Å². The second kappa shape index (κ2) is 5.65. The second-order valence-electron chi connectivity index (χ2n) is 6.54. The van der Waals surface area contributed by atoms with Crippen molar-refractivity contribution in [1.82, 2.24) is 15.2 Å². The largest absolute Gasteiger partial charge is 0.356 e. The number of amides is 1. The number of piperidine rings is 1. The lowest BCUT2D eigenvalue weighted by Gasteiger charge is -2.23. The molecule has 2 aliphatic heterocycles. The molecule has 2 aromatic rings. The van der Waals surface area contributed by atoms with E-state index in [1.165, 1.54) is 0 Å².